The zero-order chi connectivity index (χ0) is 15.0. The van der Waals surface area contributed by atoms with Gasteiger partial charge in [0.05, 0.1) is 12.3 Å². The third kappa shape index (κ3) is 5.38. The predicted octanol–water partition coefficient (Wildman–Crippen LogP) is 2.92. The van der Waals surface area contributed by atoms with Gasteiger partial charge in [-0.25, -0.2) is 4.98 Å². The quantitative estimate of drug-likeness (QED) is 0.674. The third-order valence-corrected chi connectivity index (χ3v) is 4.69. The maximum absolute atomic E-state index is 5.05. The van der Waals surface area contributed by atoms with Gasteiger partial charge in [-0.2, -0.15) is 0 Å². The number of thiazole rings is 1. The van der Waals surface area contributed by atoms with Crippen LogP contribution in [-0.2, 0) is 17.7 Å². The van der Waals surface area contributed by atoms with Gasteiger partial charge in [-0.3, -0.25) is 0 Å². The van der Waals surface area contributed by atoms with Crippen molar-refractivity contribution in [2.45, 2.75) is 40.2 Å². The molecule has 0 aliphatic rings. The Kier molecular flexibility index (Phi) is 8.11. The largest absolute Gasteiger partial charge is 0.383 e. The Bertz CT molecular complexity index is 381. The van der Waals surface area contributed by atoms with Crippen LogP contribution in [0.5, 0.6) is 0 Å². The summed E-state index contributed by atoms with van der Waals surface area (Å²) in [4.78, 5) is 8.43. The SMILES string of the molecule is CCc1nc(N(C)CC(C)CC)sc1CNCCOC. The van der Waals surface area contributed by atoms with Crippen LogP contribution in [0.15, 0.2) is 0 Å². The van der Waals surface area contributed by atoms with E-state index in [2.05, 4.69) is 38.0 Å². The Morgan fingerprint density at radius 1 is 1.40 bits per heavy atom. The first-order valence-corrected chi connectivity index (χ1v) is 8.33. The smallest absolute Gasteiger partial charge is 0.185 e. The molecule has 0 bridgehead atoms. The van der Waals surface area contributed by atoms with E-state index in [4.69, 9.17) is 9.72 Å². The molecule has 0 aliphatic heterocycles. The molecule has 1 aromatic rings. The van der Waals surface area contributed by atoms with E-state index >= 15 is 0 Å². The molecule has 1 aromatic heterocycles. The van der Waals surface area contributed by atoms with Gasteiger partial charge in [0.1, 0.15) is 0 Å². The van der Waals surface area contributed by atoms with E-state index in [9.17, 15) is 0 Å². The topological polar surface area (TPSA) is 37.4 Å². The van der Waals surface area contributed by atoms with Gasteiger partial charge in [-0.15, -0.1) is 11.3 Å². The number of ether oxygens (including phenoxy) is 1. The number of methoxy groups -OCH3 is 1. The van der Waals surface area contributed by atoms with Crippen LogP contribution in [0, 0.1) is 5.92 Å². The lowest BCUT2D eigenvalue weighted by Gasteiger charge is -2.19. The highest BCUT2D eigenvalue weighted by molar-refractivity contribution is 7.15. The normalized spacial score (nSPS) is 12.7. The molecule has 0 aliphatic carbocycles. The van der Waals surface area contributed by atoms with Crippen LogP contribution in [0.4, 0.5) is 5.13 Å². The van der Waals surface area contributed by atoms with E-state index in [1.807, 2.05) is 11.3 Å². The Labute approximate surface area is 127 Å². The molecule has 0 amide bonds. The summed E-state index contributed by atoms with van der Waals surface area (Å²) in [5.41, 5.74) is 1.23. The Hall–Kier alpha value is -0.650. The molecule has 116 valence electrons. The summed E-state index contributed by atoms with van der Waals surface area (Å²) in [7, 11) is 3.88. The van der Waals surface area contributed by atoms with Gasteiger partial charge in [0.2, 0.25) is 0 Å². The maximum Gasteiger partial charge on any atom is 0.185 e. The lowest BCUT2D eigenvalue weighted by molar-refractivity contribution is 0.199. The summed E-state index contributed by atoms with van der Waals surface area (Å²) in [6, 6.07) is 0. The molecule has 0 fully saturated rings. The van der Waals surface area contributed by atoms with Crippen molar-refractivity contribution in [3.8, 4) is 0 Å². The van der Waals surface area contributed by atoms with E-state index < -0.39 is 0 Å². The van der Waals surface area contributed by atoms with Gasteiger partial charge in [-0.05, 0) is 12.3 Å². The lowest BCUT2D eigenvalue weighted by atomic mass is 10.1. The molecule has 1 atom stereocenters. The molecule has 20 heavy (non-hydrogen) atoms. The minimum absolute atomic E-state index is 0.706. The predicted molar refractivity (Wildman–Crippen MR) is 87.8 cm³/mol. The highest BCUT2D eigenvalue weighted by Crippen LogP contribution is 2.26. The molecule has 0 radical (unpaired) electrons. The zero-order valence-corrected chi connectivity index (χ0v) is 14.3. The van der Waals surface area contributed by atoms with Crippen LogP contribution < -0.4 is 10.2 Å². The standard InChI is InChI=1S/C15H29N3OS/c1-6-12(3)11-18(4)15-17-13(7-2)14(20-15)10-16-8-9-19-5/h12,16H,6-11H2,1-5H3. The molecule has 4 nitrogen and oxygen atoms in total. The average Bonchev–Trinajstić information content (AvgIpc) is 2.86. The molecule has 5 heteroatoms. The van der Waals surface area contributed by atoms with Crippen molar-refractivity contribution in [1.29, 1.82) is 0 Å². The van der Waals surface area contributed by atoms with Gasteiger partial charge >= 0.3 is 0 Å². The van der Waals surface area contributed by atoms with E-state index in [0.717, 1.165) is 37.8 Å². The van der Waals surface area contributed by atoms with E-state index in [0.29, 0.717) is 5.92 Å². The molecular weight excluding hydrogens is 270 g/mol. The van der Waals surface area contributed by atoms with Crippen molar-refractivity contribution in [2.24, 2.45) is 5.92 Å². The van der Waals surface area contributed by atoms with E-state index in [-0.39, 0.29) is 0 Å². The van der Waals surface area contributed by atoms with Crippen LogP contribution in [0.2, 0.25) is 0 Å². The third-order valence-electron chi connectivity index (χ3n) is 3.48. The second kappa shape index (κ2) is 9.32. The Morgan fingerprint density at radius 2 is 2.15 bits per heavy atom. The summed E-state index contributed by atoms with van der Waals surface area (Å²) >= 11 is 1.81. The lowest BCUT2D eigenvalue weighted by Crippen LogP contribution is -2.23. The summed E-state index contributed by atoms with van der Waals surface area (Å²) in [5, 5.41) is 4.55. The number of aromatic nitrogens is 1. The van der Waals surface area contributed by atoms with Crippen LogP contribution >= 0.6 is 11.3 Å². The first kappa shape index (κ1) is 17.4. The van der Waals surface area contributed by atoms with Crippen LogP contribution in [0.25, 0.3) is 0 Å². The second-order valence-corrected chi connectivity index (χ2v) is 6.35. The van der Waals surface area contributed by atoms with Crippen molar-refractivity contribution in [2.75, 3.05) is 38.8 Å². The van der Waals surface area contributed by atoms with Crippen molar-refractivity contribution >= 4 is 16.5 Å². The summed E-state index contributed by atoms with van der Waals surface area (Å²) in [5.74, 6) is 0.706. The monoisotopic (exact) mass is 299 g/mol. The van der Waals surface area contributed by atoms with Gasteiger partial charge in [0.15, 0.2) is 5.13 Å². The van der Waals surface area contributed by atoms with Gasteiger partial charge in [0, 0.05) is 38.7 Å². The molecule has 0 spiro atoms. The molecule has 0 saturated carbocycles. The second-order valence-electron chi connectivity index (χ2n) is 5.28. The molecule has 0 saturated heterocycles. The number of aryl methyl sites for hydroxylation is 1. The Morgan fingerprint density at radius 3 is 2.75 bits per heavy atom. The summed E-state index contributed by atoms with van der Waals surface area (Å²) in [6.07, 6.45) is 2.21. The fourth-order valence-electron chi connectivity index (χ4n) is 2.00. The van der Waals surface area contributed by atoms with Crippen molar-refractivity contribution in [3.63, 3.8) is 0 Å². The molecular formula is C15H29N3OS. The van der Waals surface area contributed by atoms with Crippen molar-refractivity contribution in [1.82, 2.24) is 10.3 Å². The Balaban J connectivity index is 2.62. The van der Waals surface area contributed by atoms with Crippen LogP contribution in [0.1, 0.15) is 37.8 Å². The fraction of sp³-hybridized carbons (Fsp3) is 0.800. The first-order chi connectivity index (χ1) is 9.62. The van der Waals surface area contributed by atoms with Gasteiger partial charge < -0.3 is 15.0 Å². The number of rotatable bonds is 10. The van der Waals surface area contributed by atoms with Crippen LogP contribution in [-0.4, -0.2) is 38.8 Å². The molecule has 1 rings (SSSR count). The van der Waals surface area contributed by atoms with Crippen LogP contribution in [0.3, 0.4) is 0 Å². The summed E-state index contributed by atoms with van der Waals surface area (Å²) < 4.78 is 5.05. The van der Waals surface area contributed by atoms with Crippen molar-refractivity contribution < 1.29 is 4.74 Å². The molecule has 1 heterocycles. The van der Waals surface area contributed by atoms with Gasteiger partial charge in [-0.1, -0.05) is 27.2 Å². The number of hydrogen-bond donors (Lipinski definition) is 1. The number of nitrogens with zero attached hydrogens (tertiary/aromatic N) is 2. The number of nitrogens with one attached hydrogen (secondary N) is 1. The first-order valence-electron chi connectivity index (χ1n) is 7.51. The molecule has 0 aromatic carbocycles. The number of hydrogen-bond acceptors (Lipinski definition) is 5. The minimum atomic E-state index is 0.706. The minimum Gasteiger partial charge on any atom is -0.383 e. The van der Waals surface area contributed by atoms with E-state index in [1.54, 1.807) is 7.11 Å². The number of anilines is 1. The molecule has 1 unspecified atom stereocenters. The zero-order valence-electron chi connectivity index (χ0n) is 13.5. The highest BCUT2D eigenvalue weighted by atomic mass is 32.1. The van der Waals surface area contributed by atoms with Crippen molar-refractivity contribution in [3.05, 3.63) is 10.6 Å². The highest BCUT2D eigenvalue weighted by Gasteiger charge is 2.14. The average molecular weight is 299 g/mol. The maximum atomic E-state index is 5.05. The fourth-order valence-corrected chi connectivity index (χ4v) is 3.09. The molecule has 1 N–H and O–H groups in total. The summed E-state index contributed by atoms with van der Waals surface area (Å²) in [6.45, 7) is 10.3. The van der Waals surface area contributed by atoms with E-state index in [1.165, 1.54) is 17.0 Å². The van der Waals surface area contributed by atoms with Gasteiger partial charge in [0.25, 0.3) is 0 Å².